The lowest BCUT2D eigenvalue weighted by Crippen LogP contribution is -2.26. The molecule has 0 aliphatic carbocycles. The standard InChI is InChI=1S/C24H31N7O5S/c1-7-36-30-23(32)17-14-26-22(28-21-10-11-25-24(29-21)35-5)13-19(17)27-18-9-8-16(15(2)3)12-20(18)31(4)37(6,33)34/h8-15H,7H2,1-6H3,(H,30,32)(H2,25,26,27,28,29). The van der Waals surface area contributed by atoms with E-state index in [4.69, 9.17) is 9.57 Å². The van der Waals surface area contributed by atoms with E-state index in [2.05, 4.69) is 31.1 Å². The quantitative estimate of drug-likeness (QED) is 0.315. The maximum Gasteiger partial charge on any atom is 0.318 e. The van der Waals surface area contributed by atoms with Gasteiger partial charge in [-0.1, -0.05) is 19.9 Å². The average Bonchev–Trinajstić information content (AvgIpc) is 2.86. The van der Waals surface area contributed by atoms with Crippen molar-refractivity contribution < 1.29 is 22.8 Å². The highest BCUT2D eigenvalue weighted by Crippen LogP contribution is 2.34. The second-order valence-corrected chi connectivity index (χ2v) is 10.3. The number of carbonyl (C=O) groups is 1. The molecule has 0 radical (unpaired) electrons. The minimum absolute atomic E-state index is 0.176. The number of nitrogens with zero attached hydrogens (tertiary/aromatic N) is 4. The number of hydrogen-bond donors (Lipinski definition) is 3. The molecule has 198 valence electrons. The first-order valence-electron chi connectivity index (χ1n) is 11.4. The summed E-state index contributed by atoms with van der Waals surface area (Å²) in [6.45, 7) is 6.05. The largest absolute Gasteiger partial charge is 0.467 e. The van der Waals surface area contributed by atoms with Crippen LogP contribution in [0.2, 0.25) is 0 Å². The molecule has 12 nitrogen and oxygen atoms in total. The van der Waals surface area contributed by atoms with Crippen LogP contribution in [0.4, 0.5) is 28.7 Å². The summed E-state index contributed by atoms with van der Waals surface area (Å²) >= 11 is 0. The fourth-order valence-corrected chi connectivity index (χ4v) is 3.75. The second-order valence-electron chi connectivity index (χ2n) is 8.32. The molecule has 1 amide bonds. The lowest BCUT2D eigenvalue weighted by atomic mass is 10.0. The van der Waals surface area contributed by atoms with E-state index in [9.17, 15) is 13.2 Å². The number of aromatic nitrogens is 3. The molecule has 0 fully saturated rings. The van der Waals surface area contributed by atoms with Crippen molar-refractivity contribution in [2.75, 3.05) is 42.0 Å². The van der Waals surface area contributed by atoms with Crippen molar-refractivity contribution in [3.05, 3.63) is 53.9 Å². The van der Waals surface area contributed by atoms with Gasteiger partial charge in [0.25, 0.3) is 5.91 Å². The van der Waals surface area contributed by atoms with E-state index < -0.39 is 15.9 Å². The number of amides is 1. The summed E-state index contributed by atoms with van der Waals surface area (Å²) in [7, 11) is -0.628. The van der Waals surface area contributed by atoms with E-state index >= 15 is 0 Å². The molecule has 37 heavy (non-hydrogen) atoms. The van der Waals surface area contributed by atoms with Gasteiger partial charge >= 0.3 is 6.01 Å². The van der Waals surface area contributed by atoms with Gasteiger partial charge in [0.1, 0.15) is 11.6 Å². The Balaban J connectivity index is 2.08. The molecule has 1 aromatic carbocycles. The van der Waals surface area contributed by atoms with Crippen LogP contribution in [0.15, 0.2) is 42.7 Å². The number of anilines is 5. The smallest absolute Gasteiger partial charge is 0.318 e. The van der Waals surface area contributed by atoms with Gasteiger partial charge in [-0.3, -0.25) is 13.9 Å². The maximum atomic E-state index is 12.8. The molecular weight excluding hydrogens is 498 g/mol. The van der Waals surface area contributed by atoms with Gasteiger partial charge < -0.3 is 15.4 Å². The fourth-order valence-electron chi connectivity index (χ4n) is 3.24. The molecule has 0 spiro atoms. The summed E-state index contributed by atoms with van der Waals surface area (Å²) in [5.74, 6) is 0.447. The first-order valence-corrected chi connectivity index (χ1v) is 13.3. The molecule has 13 heteroatoms. The van der Waals surface area contributed by atoms with Crippen LogP contribution in [0.5, 0.6) is 6.01 Å². The number of pyridine rings is 1. The van der Waals surface area contributed by atoms with Gasteiger partial charge in [0.15, 0.2) is 0 Å². The lowest BCUT2D eigenvalue weighted by Gasteiger charge is -2.23. The van der Waals surface area contributed by atoms with Gasteiger partial charge in [-0.15, -0.1) is 0 Å². The van der Waals surface area contributed by atoms with Crippen LogP contribution in [0, 0.1) is 0 Å². The van der Waals surface area contributed by atoms with Crippen molar-refractivity contribution in [2.45, 2.75) is 26.7 Å². The zero-order valence-electron chi connectivity index (χ0n) is 21.6. The van der Waals surface area contributed by atoms with Crippen LogP contribution in [0.3, 0.4) is 0 Å². The number of rotatable bonds is 11. The number of hydrogen-bond acceptors (Lipinski definition) is 10. The summed E-state index contributed by atoms with van der Waals surface area (Å²) in [6, 6.07) is 8.91. The lowest BCUT2D eigenvalue weighted by molar-refractivity contribution is 0.0365. The summed E-state index contributed by atoms with van der Waals surface area (Å²) in [5.41, 5.74) is 4.76. The summed E-state index contributed by atoms with van der Waals surface area (Å²) in [5, 5.41) is 6.25. The predicted octanol–water partition coefficient (Wildman–Crippen LogP) is 3.57. The number of nitrogens with one attached hydrogen (secondary N) is 3. The molecule has 0 atom stereocenters. The van der Waals surface area contributed by atoms with Crippen molar-refractivity contribution in [1.82, 2.24) is 20.4 Å². The highest BCUT2D eigenvalue weighted by atomic mass is 32.2. The molecule has 2 heterocycles. The molecule has 0 aliphatic heterocycles. The minimum Gasteiger partial charge on any atom is -0.467 e. The monoisotopic (exact) mass is 529 g/mol. The van der Waals surface area contributed by atoms with Crippen LogP contribution >= 0.6 is 0 Å². The molecule has 3 aromatic rings. The van der Waals surface area contributed by atoms with Crippen LogP contribution in [0.25, 0.3) is 0 Å². The average molecular weight is 530 g/mol. The Morgan fingerprint density at radius 2 is 1.84 bits per heavy atom. The fraction of sp³-hybridized carbons (Fsp3) is 0.333. The number of benzene rings is 1. The molecule has 3 N–H and O–H groups in total. The summed E-state index contributed by atoms with van der Waals surface area (Å²) in [6.07, 6.45) is 4.03. The van der Waals surface area contributed by atoms with Gasteiger partial charge in [-0.05, 0) is 36.6 Å². The van der Waals surface area contributed by atoms with Crippen LogP contribution in [-0.4, -0.2) is 56.3 Å². The van der Waals surface area contributed by atoms with E-state index in [0.29, 0.717) is 28.7 Å². The van der Waals surface area contributed by atoms with Gasteiger partial charge in [0.05, 0.1) is 42.6 Å². The summed E-state index contributed by atoms with van der Waals surface area (Å²) < 4.78 is 31.0. The number of carbonyl (C=O) groups excluding carboxylic acids is 1. The normalized spacial score (nSPS) is 11.2. The van der Waals surface area contributed by atoms with Crippen molar-refractivity contribution in [3.63, 3.8) is 0 Å². The third kappa shape index (κ3) is 7.05. The van der Waals surface area contributed by atoms with Gasteiger partial charge in [0.2, 0.25) is 10.0 Å². The molecule has 0 unspecified atom stereocenters. The molecule has 2 aromatic heterocycles. The molecule has 0 aliphatic rings. The number of sulfonamides is 1. The van der Waals surface area contributed by atoms with Crippen LogP contribution in [-0.2, 0) is 14.9 Å². The third-order valence-electron chi connectivity index (χ3n) is 5.32. The maximum absolute atomic E-state index is 12.8. The van der Waals surface area contributed by atoms with Crippen LogP contribution < -0.4 is 25.2 Å². The highest BCUT2D eigenvalue weighted by molar-refractivity contribution is 7.92. The van der Waals surface area contributed by atoms with Crippen molar-refractivity contribution in [1.29, 1.82) is 0 Å². The molecule has 3 rings (SSSR count). The first-order chi connectivity index (χ1) is 17.5. The Labute approximate surface area is 216 Å². The second kappa shape index (κ2) is 11.8. The van der Waals surface area contributed by atoms with Crippen molar-refractivity contribution >= 4 is 44.6 Å². The molecule has 0 bridgehead atoms. The van der Waals surface area contributed by atoms with Crippen molar-refractivity contribution in [3.8, 4) is 6.01 Å². The Hall–Kier alpha value is -3.97. The van der Waals surface area contributed by atoms with Gasteiger partial charge in [-0.2, -0.15) is 4.98 Å². The van der Waals surface area contributed by atoms with Crippen LogP contribution in [0.1, 0.15) is 42.6 Å². The number of hydroxylamine groups is 1. The van der Waals surface area contributed by atoms with E-state index in [0.717, 1.165) is 11.8 Å². The SMILES string of the molecule is CCONC(=O)c1cnc(Nc2ccnc(OC)n2)cc1Nc1ccc(C(C)C)cc1N(C)S(C)(=O)=O. The zero-order valence-corrected chi connectivity index (χ0v) is 22.4. The number of ether oxygens (including phenoxy) is 1. The minimum atomic E-state index is -3.56. The topological polar surface area (TPSA) is 148 Å². The predicted molar refractivity (Wildman–Crippen MR) is 142 cm³/mol. The highest BCUT2D eigenvalue weighted by Gasteiger charge is 2.20. The third-order valence-corrected chi connectivity index (χ3v) is 6.52. The first kappa shape index (κ1) is 27.6. The molecule has 0 saturated heterocycles. The van der Waals surface area contributed by atoms with Gasteiger partial charge in [0, 0.05) is 25.5 Å². The van der Waals surface area contributed by atoms with E-state index in [-0.39, 0.29) is 24.1 Å². The van der Waals surface area contributed by atoms with E-state index in [1.807, 2.05) is 26.0 Å². The zero-order chi connectivity index (χ0) is 27.2. The van der Waals surface area contributed by atoms with Crippen molar-refractivity contribution in [2.24, 2.45) is 0 Å². The number of methoxy groups -OCH3 is 1. The Morgan fingerprint density at radius 1 is 1.08 bits per heavy atom. The Bertz CT molecular complexity index is 1370. The van der Waals surface area contributed by atoms with E-state index in [1.165, 1.54) is 30.9 Å². The Kier molecular flexibility index (Phi) is 8.84. The summed E-state index contributed by atoms with van der Waals surface area (Å²) in [4.78, 5) is 30.4. The van der Waals surface area contributed by atoms with E-state index in [1.54, 1.807) is 25.1 Å². The van der Waals surface area contributed by atoms with Gasteiger partial charge in [-0.25, -0.2) is 23.9 Å². The molecular formula is C24H31N7O5S. The Morgan fingerprint density at radius 3 is 2.49 bits per heavy atom. The molecule has 0 saturated carbocycles.